The van der Waals surface area contributed by atoms with Gasteiger partial charge in [0.05, 0.1) is 0 Å². The Morgan fingerprint density at radius 3 is 3.21 bits per heavy atom. The van der Waals surface area contributed by atoms with E-state index in [1.807, 2.05) is 13.0 Å². The number of rotatable bonds is 3. The minimum atomic E-state index is 0.163. The molecule has 0 fully saturated rings. The SMILES string of the molecule is C=CC(C)Nc1ccc2nnnn2n1. The molecule has 1 atom stereocenters. The van der Waals surface area contributed by atoms with E-state index >= 15 is 0 Å². The van der Waals surface area contributed by atoms with Gasteiger partial charge in [-0.3, -0.25) is 0 Å². The molecular weight excluding hydrogens is 180 g/mol. The summed E-state index contributed by atoms with van der Waals surface area (Å²) in [5, 5.41) is 18.2. The fourth-order valence-electron chi connectivity index (χ4n) is 1.02. The first-order valence-corrected chi connectivity index (χ1v) is 4.24. The first-order chi connectivity index (χ1) is 6.79. The number of aromatic nitrogens is 5. The largest absolute Gasteiger partial charge is 0.363 e. The van der Waals surface area contributed by atoms with Crippen molar-refractivity contribution in [3.8, 4) is 0 Å². The van der Waals surface area contributed by atoms with Crippen molar-refractivity contribution in [3.05, 3.63) is 24.8 Å². The van der Waals surface area contributed by atoms with Gasteiger partial charge >= 0.3 is 0 Å². The molecule has 2 rings (SSSR count). The summed E-state index contributed by atoms with van der Waals surface area (Å²) in [6.45, 7) is 5.66. The number of anilines is 1. The molecule has 1 unspecified atom stereocenters. The Hall–Kier alpha value is -1.98. The maximum Gasteiger partial charge on any atom is 0.200 e. The number of tetrazole rings is 1. The fraction of sp³-hybridized carbons (Fsp3) is 0.250. The third-order valence-corrected chi connectivity index (χ3v) is 1.80. The predicted molar refractivity (Wildman–Crippen MR) is 51.9 cm³/mol. The summed E-state index contributed by atoms with van der Waals surface area (Å²) in [5.74, 6) is 0.720. The van der Waals surface area contributed by atoms with Gasteiger partial charge in [-0.05, 0) is 29.5 Å². The summed E-state index contributed by atoms with van der Waals surface area (Å²) in [5.41, 5.74) is 0.627. The first-order valence-electron chi connectivity index (χ1n) is 4.24. The Kier molecular flexibility index (Phi) is 2.10. The Morgan fingerprint density at radius 1 is 1.57 bits per heavy atom. The zero-order valence-electron chi connectivity index (χ0n) is 7.75. The summed E-state index contributed by atoms with van der Waals surface area (Å²) in [6, 6.07) is 3.79. The van der Waals surface area contributed by atoms with E-state index in [1.54, 1.807) is 12.1 Å². The average Bonchev–Trinajstić information content (AvgIpc) is 2.64. The van der Waals surface area contributed by atoms with Gasteiger partial charge in [-0.25, -0.2) is 0 Å². The van der Waals surface area contributed by atoms with E-state index in [9.17, 15) is 0 Å². The minimum Gasteiger partial charge on any atom is -0.363 e. The van der Waals surface area contributed by atoms with Gasteiger partial charge in [-0.15, -0.1) is 21.4 Å². The van der Waals surface area contributed by atoms with Gasteiger partial charge in [0.1, 0.15) is 5.82 Å². The minimum absolute atomic E-state index is 0.163. The van der Waals surface area contributed by atoms with Crippen LogP contribution in [0.15, 0.2) is 24.8 Å². The van der Waals surface area contributed by atoms with Crippen LogP contribution in [0.25, 0.3) is 5.65 Å². The molecular formula is C8H10N6. The summed E-state index contributed by atoms with van der Waals surface area (Å²) >= 11 is 0. The summed E-state index contributed by atoms with van der Waals surface area (Å²) in [4.78, 5) is 0. The van der Waals surface area contributed by atoms with Crippen LogP contribution in [0, 0.1) is 0 Å². The molecule has 0 radical (unpaired) electrons. The maximum absolute atomic E-state index is 4.14. The van der Waals surface area contributed by atoms with Crippen LogP contribution < -0.4 is 5.32 Å². The van der Waals surface area contributed by atoms with Crippen molar-refractivity contribution in [2.75, 3.05) is 5.32 Å². The molecule has 0 saturated heterocycles. The Bertz CT molecular complexity index is 448. The molecule has 0 aliphatic carbocycles. The highest BCUT2D eigenvalue weighted by molar-refractivity contribution is 5.42. The van der Waals surface area contributed by atoms with Crippen LogP contribution in [0.3, 0.4) is 0 Å². The van der Waals surface area contributed by atoms with Crippen molar-refractivity contribution in [1.29, 1.82) is 0 Å². The molecule has 1 N–H and O–H groups in total. The monoisotopic (exact) mass is 190 g/mol. The second kappa shape index (κ2) is 3.41. The van der Waals surface area contributed by atoms with Crippen LogP contribution in [0.2, 0.25) is 0 Å². The molecule has 0 aliphatic heterocycles. The van der Waals surface area contributed by atoms with Crippen LogP contribution in [0.5, 0.6) is 0 Å². The van der Waals surface area contributed by atoms with Gasteiger partial charge in [0.2, 0.25) is 0 Å². The van der Waals surface area contributed by atoms with E-state index in [0.29, 0.717) is 5.65 Å². The standard InChI is InChI=1S/C8H10N6/c1-3-6(2)9-7-4-5-8-10-12-13-14(8)11-7/h3-6H,1H2,2H3,(H,9,11). The van der Waals surface area contributed by atoms with Crippen molar-refractivity contribution < 1.29 is 0 Å². The quantitative estimate of drug-likeness (QED) is 0.714. The molecule has 2 aromatic heterocycles. The number of nitrogens with zero attached hydrogens (tertiary/aromatic N) is 5. The molecule has 72 valence electrons. The zero-order chi connectivity index (χ0) is 9.97. The third-order valence-electron chi connectivity index (χ3n) is 1.80. The van der Waals surface area contributed by atoms with Crippen LogP contribution in [-0.4, -0.2) is 31.3 Å². The number of hydrogen-bond acceptors (Lipinski definition) is 5. The topological polar surface area (TPSA) is 68.0 Å². The van der Waals surface area contributed by atoms with Gasteiger partial charge in [0.15, 0.2) is 5.65 Å². The van der Waals surface area contributed by atoms with E-state index in [4.69, 9.17) is 0 Å². The predicted octanol–water partition coefficient (Wildman–Crippen LogP) is 0.506. The van der Waals surface area contributed by atoms with Gasteiger partial charge in [-0.1, -0.05) is 6.08 Å². The van der Waals surface area contributed by atoms with Gasteiger partial charge in [-0.2, -0.15) is 0 Å². The van der Waals surface area contributed by atoms with E-state index in [1.165, 1.54) is 4.63 Å². The number of nitrogens with one attached hydrogen (secondary N) is 1. The number of fused-ring (bicyclic) bond motifs is 1. The lowest BCUT2D eigenvalue weighted by molar-refractivity contribution is 0.732. The lowest BCUT2D eigenvalue weighted by atomic mass is 10.3. The maximum atomic E-state index is 4.14. The highest BCUT2D eigenvalue weighted by Crippen LogP contribution is 2.04. The zero-order valence-corrected chi connectivity index (χ0v) is 7.75. The van der Waals surface area contributed by atoms with Crippen LogP contribution in [0.4, 0.5) is 5.82 Å². The molecule has 0 aromatic carbocycles. The molecule has 0 amide bonds. The van der Waals surface area contributed by atoms with Crippen molar-refractivity contribution >= 4 is 11.5 Å². The van der Waals surface area contributed by atoms with E-state index in [0.717, 1.165) is 5.82 Å². The summed E-state index contributed by atoms with van der Waals surface area (Å²) < 4.78 is 1.37. The second-order valence-electron chi connectivity index (χ2n) is 2.91. The first kappa shape index (κ1) is 8.61. The van der Waals surface area contributed by atoms with Crippen molar-refractivity contribution in [3.63, 3.8) is 0 Å². The van der Waals surface area contributed by atoms with Gasteiger partial charge in [0.25, 0.3) is 0 Å². The fourth-order valence-corrected chi connectivity index (χ4v) is 1.02. The van der Waals surface area contributed by atoms with Crippen LogP contribution >= 0.6 is 0 Å². The van der Waals surface area contributed by atoms with E-state index < -0.39 is 0 Å². The Balaban J connectivity index is 2.29. The Morgan fingerprint density at radius 2 is 2.43 bits per heavy atom. The highest BCUT2D eigenvalue weighted by atomic mass is 15.6. The van der Waals surface area contributed by atoms with E-state index in [2.05, 4.69) is 32.5 Å². The number of hydrogen-bond donors (Lipinski definition) is 1. The molecule has 14 heavy (non-hydrogen) atoms. The summed E-state index contributed by atoms with van der Waals surface area (Å²) in [7, 11) is 0. The molecule has 0 bridgehead atoms. The van der Waals surface area contributed by atoms with Crippen LogP contribution in [-0.2, 0) is 0 Å². The second-order valence-corrected chi connectivity index (χ2v) is 2.91. The summed E-state index contributed by atoms with van der Waals surface area (Å²) in [6.07, 6.45) is 1.80. The lowest BCUT2D eigenvalue weighted by Gasteiger charge is -2.08. The smallest absolute Gasteiger partial charge is 0.200 e. The molecule has 2 heterocycles. The van der Waals surface area contributed by atoms with Crippen LogP contribution in [0.1, 0.15) is 6.92 Å². The average molecular weight is 190 g/mol. The Labute approximate surface area is 80.6 Å². The molecule has 6 nitrogen and oxygen atoms in total. The normalized spacial score (nSPS) is 12.6. The molecule has 6 heteroatoms. The molecule has 0 saturated carbocycles. The van der Waals surface area contributed by atoms with Crippen molar-refractivity contribution in [2.45, 2.75) is 13.0 Å². The van der Waals surface area contributed by atoms with Crippen molar-refractivity contribution in [2.24, 2.45) is 0 Å². The van der Waals surface area contributed by atoms with Gasteiger partial charge < -0.3 is 5.32 Å². The van der Waals surface area contributed by atoms with Crippen molar-refractivity contribution in [1.82, 2.24) is 25.3 Å². The van der Waals surface area contributed by atoms with E-state index in [-0.39, 0.29) is 6.04 Å². The molecule has 0 aliphatic rings. The molecule has 2 aromatic rings. The van der Waals surface area contributed by atoms with Gasteiger partial charge in [0, 0.05) is 6.04 Å². The lowest BCUT2D eigenvalue weighted by Crippen LogP contribution is -2.13. The highest BCUT2D eigenvalue weighted by Gasteiger charge is 2.01. The third kappa shape index (κ3) is 1.54. The molecule has 0 spiro atoms.